The second-order valence-electron chi connectivity index (χ2n) is 10.1. The monoisotopic (exact) mass is 633 g/mol. The van der Waals surface area contributed by atoms with E-state index in [1.54, 1.807) is 61.5 Å². The first-order valence-electron chi connectivity index (χ1n) is 13.7. The van der Waals surface area contributed by atoms with E-state index < -0.39 is 28.5 Å². The Morgan fingerprint density at radius 1 is 0.929 bits per heavy atom. The quantitative estimate of drug-likeness (QED) is 0.241. The van der Waals surface area contributed by atoms with Gasteiger partial charge in [-0.2, -0.15) is 0 Å². The van der Waals surface area contributed by atoms with Gasteiger partial charge in [0.25, 0.3) is 10.0 Å². The number of sulfonamides is 1. The summed E-state index contributed by atoms with van der Waals surface area (Å²) in [4.78, 5) is 28.8. The first-order chi connectivity index (χ1) is 19.9. The summed E-state index contributed by atoms with van der Waals surface area (Å²) in [7, 11) is -4.21. The van der Waals surface area contributed by atoms with Crippen LogP contribution in [-0.4, -0.2) is 50.4 Å². The van der Waals surface area contributed by atoms with Gasteiger partial charge in [0, 0.05) is 28.2 Å². The summed E-state index contributed by atoms with van der Waals surface area (Å²) >= 11 is 12.9. The van der Waals surface area contributed by atoms with Crippen molar-refractivity contribution in [2.75, 3.05) is 17.5 Å². The molecule has 0 saturated heterocycles. The van der Waals surface area contributed by atoms with Crippen molar-refractivity contribution >= 4 is 50.7 Å². The lowest BCUT2D eigenvalue weighted by Gasteiger charge is -2.34. The van der Waals surface area contributed by atoms with Crippen LogP contribution in [0, 0.1) is 6.92 Å². The van der Waals surface area contributed by atoms with Gasteiger partial charge in [0.2, 0.25) is 11.8 Å². The minimum absolute atomic E-state index is 0.00961. The minimum atomic E-state index is -4.21. The molecule has 3 rings (SSSR count). The molecule has 0 aliphatic heterocycles. The molecular weight excluding hydrogens is 597 g/mol. The summed E-state index contributed by atoms with van der Waals surface area (Å²) in [5.41, 5.74) is 1.69. The zero-order valence-electron chi connectivity index (χ0n) is 24.4. The van der Waals surface area contributed by atoms with Crippen LogP contribution in [0.2, 0.25) is 10.0 Å². The number of anilines is 1. The predicted octanol–water partition coefficient (Wildman–Crippen LogP) is 6.23. The fourth-order valence-corrected chi connectivity index (χ4v) is 6.33. The third-order valence-electron chi connectivity index (χ3n) is 6.53. The van der Waals surface area contributed by atoms with Gasteiger partial charge in [-0.15, -0.1) is 0 Å². The molecule has 0 unspecified atom stereocenters. The number of amides is 2. The molecule has 11 heteroatoms. The first-order valence-corrected chi connectivity index (χ1v) is 15.9. The zero-order valence-corrected chi connectivity index (χ0v) is 26.8. The standard InChI is InChI=1S/C31H37Cl2N3O5S/c1-6-29(31(38)34-21(3)4)35(19-26-27(32)9-8-10-28(26)33)30(37)20-36(23-13-11-22(5)12-14-23)42(39,40)25-17-15-24(16-18-25)41-7-2/h8-18,21,29H,6-7,19-20H2,1-5H3,(H,34,38)/t29-/m0/s1. The predicted molar refractivity (Wildman–Crippen MR) is 168 cm³/mol. The Kier molecular flexibility index (Phi) is 11.7. The molecule has 0 bridgehead atoms. The van der Waals surface area contributed by atoms with Crippen molar-refractivity contribution in [3.05, 3.63) is 87.9 Å². The topological polar surface area (TPSA) is 96.0 Å². The van der Waals surface area contributed by atoms with Gasteiger partial charge in [-0.3, -0.25) is 13.9 Å². The number of nitrogens with one attached hydrogen (secondary N) is 1. The van der Waals surface area contributed by atoms with Gasteiger partial charge in [0.15, 0.2) is 0 Å². The van der Waals surface area contributed by atoms with Crippen LogP contribution in [0.25, 0.3) is 0 Å². The van der Waals surface area contributed by atoms with Gasteiger partial charge in [-0.25, -0.2) is 8.42 Å². The number of hydrogen-bond donors (Lipinski definition) is 1. The van der Waals surface area contributed by atoms with Crippen molar-refractivity contribution in [1.29, 1.82) is 0 Å². The summed E-state index contributed by atoms with van der Waals surface area (Å²) in [6, 6.07) is 16.8. The molecule has 0 saturated carbocycles. The second-order valence-corrected chi connectivity index (χ2v) is 12.7. The Bertz CT molecular complexity index is 1460. The van der Waals surface area contributed by atoms with Gasteiger partial charge in [-0.1, -0.05) is 53.9 Å². The smallest absolute Gasteiger partial charge is 0.264 e. The largest absolute Gasteiger partial charge is 0.494 e. The number of benzene rings is 3. The molecule has 3 aromatic carbocycles. The SMILES string of the molecule is CCOc1ccc(S(=O)(=O)N(CC(=O)N(Cc2c(Cl)cccc2Cl)[C@@H](CC)C(=O)NC(C)C)c2ccc(C)cc2)cc1. The van der Waals surface area contributed by atoms with Crippen molar-refractivity contribution < 1.29 is 22.7 Å². The Morgan fingerprint density at radius 3 is 2.05 bits per heavy atom. The maximum Gasteiger partial charge on any atom is 0.264 e. The molecule has 0 fully saturated rings. The van der Waals surface area contributed by atoms with E-state index in [1.165, 1.54) is 17.0 Å². The number of aryl methyl sites for hydroxylation is 1. The number of ether oxygens (including phenoxy) is 1. The van der Waals surface area contributed by atoms with Gasteiger partial charge in [0.05, 0.1) is 17.2 Å². The first kappa shape index (κ1) is 33.2. The van der Waals surface area contributed by atoms with E-state index in [0.717, 1.165) is 9.87 Å². The lowest BCUT2D eigenvalue weighted by atomic mass is 10.1. The Morgan fingerprint density at radius 2 is 1.52 bits per heavy atom. The summed E-state index contributed by atoms with van der Waals surface area (Å²) in [6.07, 6.45) is 0.280. The molecule has 42 heavy (non-hydrogen) atoms. The van der Waals surface area contributed by atoms with Gasteiger partial charge < -0.3 is 15.0 Å². The average molecular weight is 635 g/mol. The van der Waals surface area contributed by atoms with Crippen LogP contribution in [0.3, 0.4) is 0 Å². The molecule has 1 atom stereocenters. The molecule has 0 aliphatic rings. The highest BCUT2D eigenvalue weighted by atomic mass is 35.5. The number of hydrogen-bond acceptors (Lipinski definition) is 5. The van der Waals surface area contributed by atoms with Crippen LogP contribution in [-0.2, 0) is 26.2 Å². The fourth-order valence-electron chi connectivity index (χ4n) is 4.40. The van der Waals surface area contributed by atoms with Crippen LogP contribution < -0.4 is 14.4 Å². The summed E-state index contributed by atoms with van der Waals surface area (Å²) < 4.78 is 34.6. The van der Waals surface area contributed by atoms with E-state index in [-0.39, 0.29) is 29.8 Å². The van der Waals surface area contributed by atoms with Gasteiger partial charge >= 0.3 is 0 Å². The normalized spacial score (nSPS) is 12.1. The third-order valence-corrected chi connectivity index (χ3v) is 9.03. The highest BCUT2D eigenvalue weighted by molar-refractivity contribution is 7.92. The van der Waals surface area contributed by atoms with E-state index >= 15 is 0 Å². The fraction of sp³-hybridized carbons (Fsp3) is 0.355. The number of nitrogens with zero attached hydrogens (tertiary/aromatic N) is 2. The number of rotatable bonds is 13. The Balaban J connectivity index is 2.09. The van der Waals surface area contributed by atoms with Crippen molar-refractivity contribution in [3.8, 4) is 5.75 Å². The van der Waals surface area contributed by atoms with Crippen LogP contribution in [0.1, 0.15) is 45.2 Å². The molecule has 0 spiro atoms. The molecule has 0 aromatic heterocycles. The van der Waals surface area contributed by atoms with E-state index in [0.29, 0.717) is 33.7 Å². The lowest BCUT2D eigenvalue weighted by molar-refractivity contribution is -0.140. The lowest BCUT2D eigenvalue weighted by Crippen LogP contribution is -2.53. The average Bonchev–Trinajstić information content (AvgIpc) is 2.93. The molecule has 0 aliphatic carbocycles. The summed E-state index contributed by atoms with van der Waals surface area (Å²) in [6.45, 7) is 8.93. The summed E-state index contributed by atoms with van der Waals surface area (Å²) in [5.74, 6) is -0.425. The van der Waals surface area contributed by atoms with Crippen molar-refractivity contribution in [1.82, 2.24) is 10.2 Å². The van der Waals surface area contributed by atoms with E-state index in [9.17, 15) is 18.0 Å². The number of carbonyl (C=O) groups excluding carboxylic acids is 2. The van der Waals surface area contributed by atoms with E-state index in [4.69, 9.17) is 27.9 Å². The Labute approximate surface area is 258 Å². The molecule has 1 N–H and O–H groups in total. The molecule has 3 aromatic rings. The van der Waals surface area contributed by atoms with Crippen molar-refractivity contribution in [2.24, 2.45) is 0 Å². The van der Waals surface area contributed by atoms with E-state index in [1.807, 2.05) is 27.7 Å². The van der Waals surface area contributed by atoms with Gasteiger partial charge in [0.1, 0.15) is 18.3 Å². The Hall–Kier alpha value is -3.27. The molecule has 0 radical (unpaired) electrons. The molecule has 8 nitrogen and oxygen atoms in total. The zero-order chi connectivity index (χ0) is 31.0. The van der Waals surface area contributed by atoms with E-state index in [2.05, 4.69) is 5.32 Å². The van der Waals surface area contributed by atoms with Crippen molar-refractivity contribution in [2.45, 2.75) is 64.6 Å². The van der Waals surface area contributed by atoms with Gasteiger partial charge in [-0.05, 0) is 82.6 Å². The molecule has 2 amide bonds. The molecular formula is C31H37Cl2N3O5S. The number of halogens is 2. The highest BCUT2D eigenvalue weighted by Crippen LogP contribution is 2.29. The van der Waals surface area contributed by atoms with Crippen LogP contribution in [0.5, 0.6) is 5.75 Å². The maximum absolute atomic E-state index is 14.2. The van der Waals surface area contributed by atoms with Crippen LogP contribution >= 0.6 is 23.2 Å². The summed E-state index contributed by atoms with van der Waals surface area (Å²) in [5, 5.41) is 3.53. The molecule has 0 heterocycles. The highest BCUT2D eigenvalue weighted by Gasteiger charge is 2.34. The molecule has 226 valence electrons. The van der Waals surface area contributed by atoms with Crippen LogP contribution in [0.15, 0.2) is 71.6 Å². The third kappa shape index (κ3) is 8.18. The minimum Gasteiger partial charge on any atom is -0.494 e. The van der Waals surface area contributed by atoms with Crippen molar-refractivity contribution in [3.63, 3.8) is 0 Å². The maximum atomic E-state index is 14.2. The van der Waals surface area contributed by atoms with Crippen LogP contribution in [0.4, 0.5) is 5.69 Å². The number of carbonyl (C=O) groups is 2. The second kappa shape index (κ2) is 14.8.